The lowest BCUT2D eigenvalue weighted by Crippen LogP contribution is -2.44. The number of hydrogen-bond donors (Lipinski definition) is 3. The summed E-state index contributed by atoms with van der Waals surface area (Å²) in [6, 6.07) is 16.6. The van der Waals surface area contributed by atoms with Crippen LogP contribution in [0.2, 0.25) is 0 Å². The zero-order valence-electron chi connectivity index (χ0n) is 18.4. The van der Waals surface area contributed by atoms with Gasteiger partial charge in [0.25, 0.3) is 0 Å². The number of aromatic amines is 1. The number of aromatic nitrogens is 2. The van der Waals surface area contributed by atoms with E-state index in [1.54, 1.807) is 6.20 Å². The summed E-state index contributed by atoms with van der Waals surface area (Å²) in [5.41, 5.74) is 4.77. The zero-order chi connectivity index (χ0) is 21.8. The fourth-order valence-electron chi connectivity index (χ4n) is 4.21. The third-order valence-corrected chi connectivity index (χ3v) is 5.94. The molecular formula is C24H28ClN7O. The van der Waals surface area contributed by atoms with E-state index in [2.05, 4.69) is 60.7 Å². The molecule has 0 spiro atoms. The number of anilines is 4. The third-order valence-electron chi connectivity index (χ3n) is 5.94. The third kappa shape index (κ3) is 5.22. The molecule has 2 aromatic heterocycles. The van der Waals surface area contributed by atoms with Gasteiger partial charge in [0.2, 0.25) is 0 Å². The molecule has 8 nitrogen and oxygen atoms in total. The van der Waals surface area contributed by atoms with Gasteiger partial charge in [-0.15, -0.1) is 12.4 Å². The predicted molar refractivity (Wildman–Crippen MR) is 134 cm³/mol. The van der Waals surface area contributed by atoms with Crippen molar-refractivity contribution in [2.24, 2.45) is 0 Å². The smallest absolute Gasteiger partial charge is 0.130 e. The molecule has 5 rings (SSSR count). The number of pyridine rings is 1. The highest BCUT2D eigenvalue weighted by molar-refractivity contribution is 5.85. The Bertz CT molecular complexity index is 1100. The van der Waals surface area contributed by atoms with Crippen molar-refractivity contribution in [3.05, 3.63) is 54.2 Å². The molecule has 9 heteroatoms. The maximum Gasteiger partial charge on any atom is 0.130 e. The summed E-state index contributed by atoms with van der Waals surface area (Å²) < 4.78 is 5.43. The van der Waals surface area contributed by atoms with E-state index in [1.165, 1.54) is 5.69 Å². The molecule has 3 aromatic rings. The molecule has 0 saturated carbocycles. The Morgan fingerprint density at radius 3 is 2.45 bits per heavy atom. The topological polar surface area (TPSA) is 92.2 Å². The fourth-order valence-corrected chi connectivity index (χ4v) is 4.21. The molecule has 0 bridgehead atoms. The summed E-state index contributed by atoms with van der Waals surface area (Å²) in [5.74, 6) is 1.66. The van der Waals surface area contributed by atoms with Crippen LogP contribution in [0, 0.1) is 11.3 Å². The van der Waals surface area contributed by atoms with Gasteiger partial charge in [0.1, 0.15) is 17.7 Å². The van der Waals surface area contributed by atoms with Gasteiger partial charge in [-0.25, -0.2) is 4.98 Å². The van der Waals surface area contributed by atoms with E-state index in [1.807, 2.05) is 18.2 Å². The monoisotopic (exact) mass is 465 g/mol. The van der Waals surface area contributed by atoms with E-state index in [-0.39, 0.29) is 12.4 Å². The minimum atomic E-state index is 0. The quantitative estimate of drug-likeness (QED) is 0.532. The van der Waals surface area contributed by atoms with Crippen molar-refractivity contribution in [3.63, 3.8) is 0 Å². The predicted octanol–water partition coefficient (Wildman–Crippen LogP) is 3.36. The van der Waals surface area contributed by atoms with E-state index in [4.69, 9.17) is 4.74 Å². The highest BCUT2D eigenvalue weighted by Crippen LogP contribution is 2.29. The highest BCUT2D eigenvalue weighted by Gasteiger charge is 2.18. The van der Waals surface area contributed by atoms with Crippen LogP contribution >= 0.6 is 12.4 Å². The second kappa shape index (κ2) is 10.6. The van der Waals surface area contributed by atoms with E-state index in [9.17, 15) is 5.26 Å². The van der Waals surface area contributed by atoms with Crippen molar-refractivity contribution in [2.45, 2.75) is 0 Å². The van der Waals surface area contributed by atoms with Crippen LogP contribution < -0.4 is 20.4 Å². The summed E-state index contributed by atoms with van der Waals surface area (Å²) in [5, 5.41) is 16.4. The number of benzene rings is 1. The van der Waals surface area contributed by atoms with E-state index in [0.717, 1.165) is 81.1 Å². The number of nitrogens with zero attached hydrogens (tertiary/aromatic N) is 4. The second-order valence-electron chi connectivity index (χ2n) is 8.00. The van der Waals surface area contributed by atoms with Crippen molar-refractivity contribution in [3.8, 4) is 17.3 Å². The van der Waals surface area contributed by atoms with Gasteiger partial charge in [0.05, 0.1) is 18.8 Å². The number of piperazine rings is 1. The number of nitriles is 1. The zero-order valence-corrected chi connectivity index (χ0v) is 19.2. The van der Waals surface area contributed by atoms with Crippen LogP contribution in [0.4, 0.5) is 23.0 Å². The first-order valence-corrected chi connectivity index (χ1v) is 11.1. The van der Waals surface area contributed by atoms with E-state index >= 15 is 0 Å². The lowest BCUT2D eigenvalue weighted by molar-refractivity contribution is 0.122. The Balaban J connectivity index is 0.00000259. The Kier molecular flexibility index (Phi) is 7.35. The number of hydrogen-bond acceptors (Lipinski definition) is 7. The molecular weight excluding hydrogens is 438 g/mol. The molecule has 2 aliphatic rings. The van der Waals surface area contributed by atoms with Crippen molar-refractivity contribution in [1.82, 2.24) is 15.3 Å². The van der Waals surface area contributed by atoms with Crippen molar-refractivity contribution in [1.29, 1.82) is 5.26 Å². The Morgan fingerprint density at radius 2 is 1.73 bits per heavy atom. The first-order chi connectivity index (χ1) is 15.8. The summed E-state index contributed by atoms with van der Waals surface area (Å²) in [4.78, 5) is 12.5. The summed E-state index contributed by atoms with van der Waals surface area (Å²) in [7, 11) is 0. The molecule has 33 heavy (non-hydrogen) atoms. The first kappa shape index (κ1) is 22.9. The summed E-state index contributed by atoms with van der Waals surface area (Å²) in [6.07, 6.45) is 1.79. The molecule has 3 N–H and O–H groups in total. The Hall–Kier alpha value is -3.25. The van der Waals surface area contributed by atoms with Crippen LogP contribution in [0.15, 0.2) is 48.7 Å². The maximum absolute atomic E-state index is 9.63. The number of H-pyrrole nitrogens is 1. The molecule has 0 aliphatic carbocycles. The molecule has 0 radical (unpaired) electrons. The molecule has 2 fully saturated rings. The molecule has 1 aromatic carbocycles. The molecule has 172 valence electrons. The number of morpholine rings is 1. The highest BCUT2D eigenvalue weighted by atomic mass is 35.5. The van der Waals surface area contributed by atoms with Crippen molar-refractivity contribution >= 4 is 35.4 Å². The lowest BCUT2D eigenvalue weighted by atomic mass is 10.2. The van der Waals surface area contributed by atoms with Crippen LogP contribution in [0.3, 0.4) is 0 Å². The van der Waals surface area contributed by atoms with Crippen LogP contribution in [-0.2, 0) is 4.74 Å². The largest absolute Gasteiger partial charge is 0.378 e. The van der Waals surface area contributed by atoms with Gasteiger partial charge in [-0.2, -0.15) is 5.26 Å². The molecule has 0 atom stereocenters. The number of halogens is 1. The van der Waals surface area contributed by atoms with Gasteiger partial charge >= 0.3 is 0 Å². The SMILES string of the molecule is Cl.N#Cc1cc(-c2ccnc(Nc3ccc(N4CCOCC4)cc3)c2)[nH]c1N1CCNCC1. The molecule has 0 amide bonds. The summed E-state index contributed by atoms with van der Waals surface area (Å²) in [6.45, 7) is 7.02. The van der Waals surface area contributed by atoms with E-state index < -0.39 is 0 Å². The first-order valence-electron chi connectivity index (χ1n) is 11.1. The van der Waals surface area contributed by atoms with Crippen LogP contribution in [0.5, 0.6) is 0 Å². The van der Waals surface area contributed by atoms with Crippen molar-refractivity contribution in [2.75, 3.05) is 67.6 Å². The lowest BCUT2D eigenvalue weighted by Gasteiger charge is -2.28. The number of ether oxygens (including phenoxy) is 1. The van der Waals surface area contributed by atoms with Gasteiger partial charge in [0.15, 0.2) is 0 Å². The fraction of sp³-hybridized carbons (Fsp3) is 0.333. The maximum atomic E-state index is 9.63. The second-order valence-corrected chi connectivity index (χ2v) is 8.00. The minimum Gasteiger partial charge on any atom is -0.378 e. The van der Waals surface area contributed by atoms with Gasteiger partial charge in [0, 0.05) is 68.1 Å². The molecule has 0 unspecified atom stereocenters. The average Bonchev–Trinajstić information content (AvgIpc) is 3.31. The van der Waals surface area contributed by atoms with Gasteiger partial charge in [-0.05, 0) is 42.5 Å². The van der Waals surface area contributed by atoms with Crippen LogP contribution in [0.1, 0.15) is 5.56 Å². The molecule has 2 aliphatic heterocycles. The average molecular weight is 466 g/mol. The Labute approximate surface area is 200 Å². The standard InChI is InChI=1S/C24H27N7O.ClH/c25-17-19-15-22(29-24(19)31-9-7-26-8-10-31)18-5-6-27-23(16-18)28-20-1-3-21(4-2-20)30-11-13-32-14-12-30;/h1-6,15-16,26,29H,7-14H2,(H,27,28);1H. The summed E-state index contributed by atoms with van der Waals surface area (Å²) >= 11 is 0. The normalized spacial score (nSPS) is 16.1. The molecule has 2 saturated heterocycles. The Morgan fingerprint density at radius 1 is 0.970 bits per heavy atom. The number of rotatable bonds is 5. The van der Waals surface area contributed by atoms with Crippen molar-refractivity contribution < 1.29 is 4.74 Å². The molecule has 4 heterocycles. The van der Waals surface area contributed by atoms with E-state index in [0.29, 0.717) is 5.56 Å². The number of nitrogens with one attached hydrogen (secondary N) is 3. The van der Waals surface area contributed by atoms with Crippen LogP contribution in [0.25, 0.3) is 11.3 Å². The van der Waals surface area contributed by atoms with Gasteiger partial charge < -0.3 is 30.2 Å². The van der Waals surface area contributed by atoms with Gasteiger partial charge in [-0.1, -0.05) is 0 Å². The van der Waals surface area contributed by atoms with Crippen LogP contribution in [-0.4, -0.2) is 62.5 Å². The minimum absolute atomic E-state index is 0. The van der Waals surface area contributed by atoms with Gasteiger partial charge in [-0.3, -0.25) is 0 Å².